The Hall–Kier alpha value is -0.780. The Morgan fingerprint density at radius 1 is 1.18 bits per heavy atom. The molecule has 0 atom stereocenters. The smallest absolute Gasteiger partial charge is 0.0287 e. The van der Waals surface area contributed by atoms with Crippen molar-refractivity contribution in [1.29, 1.82) is 0 Å². The lowest BCUT2D eigenvalue weighted by Crippen LogP contribution is -1.74. The minimum absolute atomic E-state index is 0.644. The molecule has 0 fully saturated rings. The molecule has 0 heterocycles. The van der Waals surface area contributed by atoms with Gasteiger partial charge in [-0.3, -0.25) is 0 Å². The molecule has 11 heavy (non-hydrogen) atoms. The summed E-state index contributed by atoms with van der Waals surface area (Å²) in [6.45, 7) is 8.49. The highest BCUT2D eigenvalue weighted by Crippen LogP contribution is 1.96. The van der Waals surface area contributed by atoms with Crippen LogP contribution in [-0.2, 0) is 0 Å². The van der Waals surface area contributed by atoms with Gasteiger partial charge in [0.15, 0.2) is 0 Å². The number of hydrogen-bond acceptors (Lipinski definition) is 0. The molecular formula is C11H18. The molecule has 0 amide bonds. The summed E-state index contributed by atoms with van der Waals surface area (Å²) in [5.74, 6) is 0.644. The summed E-state index contributed by atoms with van der Waals surface area (Å²) in [5.41, 5.74) is 1.30. The van der Waals surface area contributed by atoms with Gasteiger partial charge in [0.05, 0.1) is 0 Å². The molecule has 0 N–H and O–H groups in total. The molecule has 0 aromatic heterocycles. The summed E-state index contributed by atoms with van der Waals surface area (Å²) >= 11 is 0. The molecule has 0 heteroatoms. The highest BCUT2D eigenvalue weighted by molar-refractivity contribution is 5.19. The fourth-order valence-electron chi connectivity index (χ4n) is 0.590. The number of hydrogen-bond donors (Lipinski definition) is 0. The van der Waals surface area contributed by atoms with Crippen LogP contribution in [0.15, 0.2) is 36.0 Å². The third-order valence-corrected chi connectivity index (χ3v) is 1.42. The molecule has 0 nitrogen and oxygen atoms in total. The molecular weight excluding hydrogens is 132 g/mol. The molecule has 62 valence electrons. The van der Waals surface area contributed by atoms with Crippen molar-refractivity contribution >= 4 is 0 Å². The summed E-state index contributed by atoms with van der Waals surface area (Å²) < 4.78 is 0. The van der Waals surface area contributed by atoms with E-state index in [1.54, 1.807) is 0 Å². The topological polar surface area (TPSA) is 0 Å². The van der Waals surface area contributed by atoms with E-state index in [1.165, 1.54) is 5.57 Å². The molecule has 0 aromatic carbocycles. The standard InChI is InChI=1S/C11H18/c1-5-11(4)9-7-6-8-10(2)3/h5-10H,1-4H3. The predicted molar refractivity (Wildman–Crippen MR) is 52.5 cm³/mol. The fourth-order valence-corrected chi connectivity index (χ4v) is 0.590. The van der Waals surface area contributed by atoms with Gasteiger partial charge >= 0.3 is 0 Å². The van der Waals surface area contributed by atoms with Crippen LogP contribution in [0.1, 0.15) is 27.7 Å². The Morgan fingerprint density at radius 2 is 1.82 bits per heavy atom. The average Bonchev–Trinajstić information content (AvgIpc) is 1.97. The summed E-state index contributed by atoms with van der Waals surface area (Å²) in [6, 6.07) is 0. The maximum atomic E-state index is 2.18. The van der Waals surface area contributed by atoms with E-state index >= 15 is 0 Å². The van der Waals surface area contributed by atoms with Crippen LogP contribution in [0.3, 0.4) is 0 Å². The zero-order valence-electron chi connectivity index (χ0n) is 7.96. The van der Waals surface area contributed by atoms with Crippen molar-refractivity contribution < 1.29 is 0 Å². The SMILES string of the molecule is CC=C(C)C=CC=CC(C)C. The van der Waals surface area contributed by atoms with Crippen LogP contribution in [0, 0.1) is 5.92 Å². The van der Waals surface area contributed by atoms with Crippen LogP contribution in [-0.4, -0.2) is 0 Å². The van der Waals surface area contributed by atoms with Gasteiger partial charge in [0.1, 0.15) is 0 Å². The summed E-state index contributed by atoms with van der Waals surface area (Å²) in [7, 11) is 0. The Balaban J connectivity index is 3.78. The lowest BCUT2D eigenvalue weighted by Gasteiger charge is -1.89. The van der Waals surface area contributed by atoms with Crippen molar-refractivity contribution in [3.05, 3.63) is 36.0 Å². The van der Waals surface area contributed by atoms with Gasteiger partial charge in [0, 0.05) is 0 Å². The second-order valence-electron chi connectivity index (χ2n) is 3.02. The second kappa shape index (κ2) is 5.96. The lowest BCUT2D eigenvalue weighted by atomic mass is 10.2. The first-order chi connectivity index (χ1) is 5.16. The number of rotatable bonds is 3. The van der Waals surface area contributed by atoms with Crippen LogP contribution in [0.5, 0.6) is 0 Å². The van der Waals surface area contributed by atoms with E-state index in [1.807, 2.05) is 6.92 Å². The van der Waals surface area contributed by atoms with Crippen LogP contribution in [0.25, 0.3) is 0 Å². The van der Waals surface area contributed by atoms with Gasteiger partial charge in [0.2, 0.25) is 0 Å². The first-order valence-electron chi connectivity index (χ1n) is 4.14. The molecule has 0 aliphatic rings. The van der Waals surface area contributed by atoms with Crippen LogP contribution in [0.4, 0.5) is 0 Å². The van der Waals surface area contributed by atoms with Gasteiger partial charge in [-0.25, -0.2) is 0 Å². The first kappa shape index (κ1) is 10.2. The summed E-state index contributed by atoms with van der Waals surface area (Å²) in [5, 5.41) is 0. The van der Waals surface area contributed by atoms with Gasteiger partial charge in [-0.1, -0.05) is 49.8 Å². The van der Waals surface area contributed by atoms with Crippen molar-refractivity contribution in [3.8, 4) is 0 Å². The summed E-state index contributed by atoms with van der Waals surface area (Å²) in [6.07, 6.45) is 10.6. The average molecular weight is 150 g/mol. The van der Waals surface area contributed by atoms with E-state index in [0.717, 1.165) is 0 Å². The van der Waals surface area contributed by atoms with Crippen molar-refractivity contribution in [2.24, 2.45) is 5.92 Å². The van der Waals surface area contributed by atoms with Crippen LogP contribution >= 0.6 is 0 Å². The Morgan fingerprint density at radius 3 is 2.27 bits per heavy atom. The molecule has 0 rings (SSSR count). The normalized spacial score (nSPS) is 14.1. The molecule has 0 aromatic rings. The number of allylic oxidation sites excluding steroid dienone is 6. The lowest BCUT2D eigenvalue weighted by molar-refractivity contribution is 0.832. The minimum Gasteiger partial charge on any atom is -0.0847 e. The van der Waals surface area contributed by atoms with Crippen LogP contribution < -0.4 is 0 Å². The molecule has 0 bridgehead atoms. The van der Waals surface area contributed by atoms with Gasteiger partial charge in [-0.2, -0.15) is 0 Å². The molecule has 0 unspecified atom stereocenters. The van der Waals surface area contributed by atoms with E-state index < -0.39 is 0 Å². The Bertz CT molecular complexity index is 168. The van der Waals surface area contributed by atoms with Crippen molar-refractivity contribution in [2.45, 2.75) is 27.7 Å². The molecule has 0 aliphatic carbocycles. The van der Waals surface area contributed by atoms with Crippen LogP contribution in [0.2, 0.25) is 0 Å². The molecule has 0 spiro atoms. The maximum Gasteiger partial charge on any atom is -0.0287 e. The third kappa shape index (κ3) is 7.11. The first-order valence-corrected chi connectivity index (χ1v) is 4.14. The third-order valence-electron chi connectivity index (χ3n) is 1.42. The minimum atomic E-state index is 0.644. The predicted octanol–water partition coefficient (Wildman–Crippen LogP) is 3.72. The van der Waals surface area contributed by atoms with Gasteiger partial charge in [-0.15, -0.1) is 0 Å². The largest absolute Gasteiger partial charge is 0.0847 e. The fraction of sp³-hybridized carbons (Fsp3) is 0.455. The molecule has 0 saturated carbocycles. The summed E-state index contributed by atoms with van der Waals surface area (Å²) in [4.78, 5) is 0. The highest BCUT2D eigenvalue weighted by atomic mass is 13.9. The zero-order valence-corrected chi connectivity index (χ0v) is 7.96. The quantitative estimate of drug-likeness (QED) is 0.538. The van der Waals surface area contributed by atoms with Crippen molar-refractivity contribution in [3.63, 3.8) is 0 Å². The van der Waals surface area contributed by atoms with Crippen molar-refractivity contribution in [1.82, 2.24) is 0 Å². The molecule has 0 radical (unpaired) electrons. The monoisotopic (exact) mass is 150 g/mol. The zero-order chi connectivity index (χ0) is 8.69. The molecule has 0 aliphatic heterocycles. The maximum absolute atomic E-state index is 2.18. The van der Waals surface area contributed by atoms with Gasteiger partial charge < -0.3 is 0 Å². The van der Waals surface area contributed by atoms with E-state index in [-0.39, 0.29) is 0 Å². The Kier molecular flexibility index (Phi) is 5.54. The van der Waals surface area contributed by atoms with E-state index in [0.29, 0.717) is 5.92 Å². The van der Waals surface area contributed by atoms with Crippen molar-refractivity contribution in [2.75, 3.05) is 0 Å². The van der Waals surface area contributed by atoms with Gasteiger partial charge in [-0.05, 0) is 19.8 Å². The van der Waals surface area contributed by atoms with E-state index in [9.17, 15) is 0 Å². The van der Waals surface area contributed by atoms with E-state index in [2.05, 4.69) is 51.2 Å². The second-order valence-corrected chi connectivity index (χ2v) is 3.02. The van der Waals surface area contributed by atoms with E-state index in [4.69, 9.17) is 0 Å². The van der Waals surface area contributed by atoms with Gasteiger partial charge in [0.25, 0.3) is 0 Å². The molecule has 0 saturated heterocycles. The highest BCUT2D eigenvalue weighted by Gasteiger charge is 1.79. The Labute approximate surface area is 70.3 Å².